The van der Waals surface area contributed by atoms with Crippen LogP contribution >= 0.6 is 0 Å². The molecule has 1 aliphatic heterocycles. The average Bonchev–Trinajstić information content (AvgIpc) is 3.30. The highest BCUT2D eigenvalue weighted by molar-refractivity contribution is 6.50. The number of aromatic amines is 1. The first-order chi connectivity index (χ1) is 12.6. The molecule has 4 aromatic rings. The number of aryl methyl sites for hydroxylation is 1. The first kappa shape index (κ1) is 14.7. The van der Waals surface area contributed by atoms with Gasteiger partial charge >= 0.3 is 0 Å². The maximum Gasteiger partial charge on any atom is 0.259 e. The lowest BCUT2D eigenvalue weighted by Crippen LogP contribution is -2.22. The van der Waals surface area contributed by atoms with E-state index in [1.807, 2.05) is 66.3 Å². The van der Waals surface area contributed by atoms with Gasteiger partial charge in [-0.25, -0.2) is 0 Å². The molecule has 0 saturated carbocycles. The summed E-state index contributed by atoms with van der Waals surface area (Å²) in [4.78, 5) is 28.5. The van der Waals surface area contributed by atoms with Gasteiger partial charge in [-0.2, -0.15) is 0 Å². The van der Waals surface area contributed by atoms with E-state index in [0.29, 0.717) is 11.1 Å². The summed E-state index contributed by atoms with van der Waals surface area (Å²) in [5, 5.41) is 4.42. The highest BCUT2D eigenvalue weighted by Gasteiger charge is 2.34. The van der Waals surface area contributed by atoms with Crippen molar-refractivity contribution in [1.82, 2.24) is 14.9 Å². The molecule has 0 saturated heterocycles. The van der Waals surface area contributed by atoms with Gasteiger partial charge < -0.3 is 9.55 Å². The zero-order chi connectivity index (χ0) is 17.8. The van der Waals surface area contributed by atoms with Gasteiger partial charge in [-0.3, -0.25) is 14.9 Å². The van der Waals surface area contributed by atoms with E-state index < -0.39 is 0 Å². The number of para-hydroxylation sites is 2. The van der Waals surface area contributed by atoms with Gasteiger partial charge in [-0.15, -0.1) is 0 Å². The predicted molar refractivity (Wildman–Crippen MR) is 101 cm³/mol. The van der Waals surface area contributed by atoms with Crippen LogP contribution in [-0.4, -0.2) is 21.4 Å². The zero-order valence-electron chi connectivity index (χ0n) is 14.0. The van der Waals surface area contributed by atoms with Gasteiger partial charge in [0.05, 0.1) is 16.7 Å². The molecule has 0 atom stereocenters. The Bertz CT molecular complexity index is 1260. The number of H-pyrrole nitrogens is 1. The monoisotopic (exact) mass is 341 g/mol. The van der Waals surface area contributed by atoms with Crippen molar-refractivity contribution >= 4 is 44.8 Å². The standard InChI is InChI=1S/C21H15N3O2/c1-24-10-9-12-5-4-7-14(19(12)24)17-18(21(26)23-20(17)25)15-11-22-16-8-3-2-6-13(15)16/h2-11,22H,1H3,(H,23,25,26). The van der Waals surface area contributed by atoms with E-state index in [1.165, 1.54) is 0 Å². The summed E-state index contributed by atoms with van der Waals surface area (Å²) in [6.45, 7) is 0. The number of imide groups is 1. The van der Waals surface area contributed by atoms with Crippen LogP contribution in [0, 0.1) is 0 Å². The summed E-state index contributed by atoms with van der Waals surface area (Å²) in [6, 6.07) is 15.6. The first-order valence-corrected chi connectivity index (χ1v) is 8.36. The number of rotatable bonds is 2. The number of benzene rings is 2. The van der Waals surface area contributed by atoms with Gasteiger partial charge in [0.15, 0.2) is 0 Å². The third kappa shape index (κ3) is 1.91. The second-order valence-electron chi connectivity index (χ2n) is 6.45. The van der Waals surface area contributed by atoms with Crippen LogP contribution in [0.25, 0.3) is 33.0 Å². The number of hydrogen-bond donors (Lipinski definition) is 2. The van der Waals surface area contributed by atoms with Crippen LogP contribution in [0.4, 0.5) is 0 Å². The second-order valence-corrected chi connectivity index (χ2v) is 6.45. The number of nitrogens with zero attached hydrogens (tertiary/aromatic N) is 1. The molecule has 0 unspecified atom stereocenters. The lowest BCUT2D eigenvalue weighted by atomic mass is 9.94. The molecular formula is C21H15N3O2. The molecule has 0 fully saturated rings. The number of nitrogens with one attached hydrogen (secondary N) is 2. The molecule has 2 aromatic heterocycles. The largest absolute Gasteiger partial charge is 0.361 e. The number of amides is 2. The number of carbonyl (C=O) groups is 2. The molecule has 2 aromatic carbocycles. The number of aromatic nitrogens is 2. The van der Waals surface area contributed by atoms with Crippen LogP contribution in [-0.2, 0) is 16.6 Å². The van der Waals surface area contributed by atoms with Crippen molar-refractivity contribution in [3.8, 4) is 0 Å². The van der Waals surface area contributed by atoms with Crippen LogP contribution in [0.2, 0.25) is 0 Å². The Hall–Kier alpha value is -3.60. The summed E-state index contributed by atoms with van der Waals surface area (Å²) in [6.07, 6.45) is 3.75. The van der Waals surface area contributed by atoms with Crippen molar-refractivity contribution in [2.24, 2.45) is 7.05 Å². The van der Waals surface area contributed by atoms with Crippen molar-refractivity contribution < 1.29 is 9.59 Å². The van der Waals surface area contributed by atoms with Gasteiger partial charge in [-0.05, 0) is 12.1 Å². The van der Waals surface area contributed by atoms with Crippen molar-refractivity contribution in [1.29, 1.82) is 0 Å². The van der Waals surface area contributed by atoms with Gasteiger partial charge in [0.2, 0.25) is 0 Å². The van der Waals surface area contributed by atoms with Crippen molar-refractivity contribution in [3.05, 3.63) is 72.1 Å². The normalized spacial score (nSPS) is 14.7. The van der Waals surface area contributed by atoms with E-state index in [1.54, 1.807) is 6.20 Å². The molecule has 5 nitrogen and oxygen atoms in total. The fourth-order valence-electron chi connectivity index (χ4n) is 3.81. The topological polar surface area (TPSA) is 66.9 Å². The third-order valence-electron chi connectivity index (χ3n) is 4.96. The Balaban J connectivity index is 1.88. The van der Waals surface area contributed by atoms with Gasteiger partial charge in [0.1, 0.15) is 0 Å². The second kappa shape index (κ2) is 5.20. The molecule has 3 heterocycles. The van der Waals surface area contributed by atoms with Crippen LogP contribution in [0.1, 0.15) is 11.1 Å². The van der Waals surface area contributed by atoms with Crippen LogP contribution in [0.3, 0.4) is 0 Å². The number of fused-ring (bicyclic) bond motifs is 2. The predicted octanol–water partition coefficient (Wildman–Crippen LogP) is 3.23. The quantitative estimate of drug-likeness (QED) is 0.550. The van der Waals surface area contributed by atoms with Crippen molar-refractivity contribution in [2.45, 2.75) is 0 Å². The number of carbonyl (C=O) groups excluding carboxylic acids is 2. The van der Waals surface area contributed by atoms with Gasteiger partial charge in [0, 0.05) is 46.9 Å². The molecule has 0 bridgehead atoms. The Labute approximate surface area is 148 Å². The molecule has 2 amide bonds. The molecule has 126 valence electrons. The highest BCUT2D eigenvalue weighted by Crippen LogP contribution is 2.37. The van der Waals surface area contributed by atoms with Crippen LogP contribution in [0.5, 0.6) is 0 Å². The molecule has 5 rings (SSSR count). The van der Waals surface area contributed by atoms with Gasteiger partial charge in [-0.1, -0.05) is 36.4 Å². The van der Waals surface area contributed by atoms with E-state index in [-0.39, 0.29) is 11.8 Å². The van der Waals surface area contributed by atoms with Crippen LogP contribution < -0.4 is 5.32 Å². The van der Waals surface area contributed by atoms with Crippen LogP contribution in [0.15, 0.2) is 60.9 Å². The summed E-state index contributed by atoms with van der Waals surface area (Å²) < 4.78 is 1.97. The molecule has 0 aliphatic carbocycles. The molecule has 26 heavy (non-hydrogen) atoms. The van der Waals surface area contributed by atoms with E-state index >= 15 is 0 Å². The van der Waals surface area contributed by atoms with E-state index in [9.17, 15) is 9.59 Å². The molecular weight excluding hydrogens is 326 g/mol. The highest BCUT2D eigenvalue weighted by atomic mass is 16.2. The van der Waals surface area contributed by atoms with E-state index in [4.69, 9.17) is 0 Å². The molecule has 2 N–H and O–H groups in total. The summed E-state index contributed by atoms with van der Waals surface area (Å²) in [5.41, 5.74) is 4.21. The SMILES string of the molecule is Cn1ccc2cccc(C3=C(c4c[nH]c5ccccc45)C(=O)NC3=O)c21. The lowest BCUT2D eigenvalue weighted by molar-refractivity contribution is -0.122. The summed E-state index contributed by atoms with van der Waals surface area (Å²) in [5.74, 6) is -0.718. The molecule has 0 spiro atoms. The van der Waals surface area contributed by atoms with E-state index in [0.717, 1.165) is 32.9 Å². The Morgan fingerprint density at radius 2 is 1.62 bits per heavy atom. The van der Waals surface area contributed by atoms with Gasteiger partial charge in [0.25, 0.3) is 11.8 Å². The maximum absolute atomic E-state index is 12.7. The minimum atomic E-state index is -0.360. The molecule has 0 radical (unpaired) electrons. The lowest BCUT2D eigenvalue weighted by Gasteiger charge is -2.08. The molecule has 1 aliphatic rings. The minimum Gasteiger partial charge on any atom is -0.361 e. The first-order valence-electron chi connectivity index (χ1n) is 8.36. The fraction of sp³-hybridized carbons (Fsp3) is 0.0476. The summed E-state index contributed by atoms with van der Waals surface area (Å²) in [7, 11) is 1.94. The maximum atomic E-state index is 12.7. The average molecular weight is 341 g/mol. The minimum absolute atomic E-state index is 0.357. The smallest absolute Gasteiger partial charge is 0.259 e. The Morgan fingerprint density at radius 1 is 0.846 bits per heavy atom. The summed E-state index contributed by atoms with van der Waals surface area (Å²) >= 11 is 0. The zero-order valence-corrected chi connectivity index (χ0v) is 14.0. The number of hydrogen-bond acceptors (Lipinski definition) is 2. The molecule has 5 heteroatoms. The fourth-order valence-corrected chi connectivity index (χ4v) is 3.81. The third-order valence-corrected chi connectivity index (χ3v) is 4.96. The van der Waals surface area contributed by atoms with Crippen molar-refractivity contribution in [2.75, 3.05) is 0 Å². The Morgan fingerprint density at radius 3 is 2.46 bits per heavy atom. The van der Waals surface area contributed by atoms with E-state index in [2.05, 4.69) is 10.3 Å². The van der Waals surface area contributed by atoms with Crippen molar-refractivity contribution in [3.63, 3.8) is 0 Å². The Kier molecular flexibility index (Phi) is 2.94.